The second-order valence-corrected chi connectivity index (χ2v) is 7.91. The van der Waals surface area contributed by atoms with E-state index in [9.17, 15) is 4.79 Å². The molecule has 0 spiro atoms. The maximum atomic E-state index is 12.1. The summed E-state index contributed by atoms with van der Waals surface area (Å²) < 4.78 is 0. The molecule has 2 heterocycles. The molecule has 1 aliphatic heterocycles. The molecule has 1 aliphatic rings. The van der Waals surface area contributed by atoms with Gasteiger partial charge in [0.1, 0.15) is 5.03 Å². The average Bonchev–Trinajstić information content (AvgIpc) is 3.21. The smallest absolute Gasteiger partial charge is 0.250 e. The van der Waals surface area contributed by atoms with Crippen molar-refractivity contribution in [1.82, 2.24) is 15.4 Å². The second kappa shape index (κ2) is 9.54. The molecule has 28 heavy (non-hydrogen) atoms. The van der Waals surface area contributed by atoms with Gasteiger partial charge in [0.15, 0.2) is 0 Å². The zero-order valence-electron chi connectivity index (χ0n) is 16.6. The third-order valence-corrected chi connectivity index (χ3v) is 5.28. The van der Waals surface area contributed by atoms with Gasteiger partial charge in [-0.2, -0.15) is 5.10 Å². The predicted molar refractivity (Wildman–Crippen MR) is 115 cm³/mol. The third kappa shape index (κ3) is 5.69. The van der Waals surface area contributed by atoms with Crippen LogP contribution in [-0.4, -0.2) is 55.0 Å². The second-order valence-electron chi connectivity index (χ2n) is 6.91. The number of rotatable bonds is 7. The standard InChI is InChI=1S/C20H26N6OS/c1-15-12-19(23-20(22-15)26-10-4-5-11-26)28-14-18(27)24-21-13-16-6-8-17(9-7-16)25(2)3/h6-9,12-13H,4-5,10-11,14H2,1-3H3,(H,24,27). The summed E-state index contributed by atoms with van der Waals surface area (Å²) in [5, 5.41) is 4.85. The number of benzene rings is 1. The van der Waals surface area contributed by atoms with Gasteiger partial charge < -0.3 is 9.80 Å². The topological polar surface area (TPSA) is 73.7 Å². The van der Waals surface area contributed by atoms with Gasteiger partial charge in [-0.25, -0.2) is 15.4 Å². The average molecular weight is 399 g/mol. The van der Waals surface area contributed by atoms with Gasteiger partial charge >= 0.3 is 0 Å². The summed E-state index contributed by atoms with van der Waals surface area (Å²) in [5.41, 5.74) is 5.53. The monoisotopic (exact) mass is 398 g/mol. The van der Waals surface area contributed by atoms with E-state index in [4.69, 9.17) is 0 Å². The van der Waals surface area contributed by atoms with Gasteiger partial charge in [0.2, 0.25) is 11.9 Å². The van der Waals surface area contributed by atoms with Crippen molar-refractivity contribution in [3.63, 3.8) is 0 Å². The van der Waals surface area contributed by atoms with Gasteiger partial charge in [0.25, 0.3) is 0 Å². The minimum Gasteiger partial charge on any atom is -0.378 e. The fraction of sp³-hybridized carbons (Fsp3) is 0.400. The lowest BCUT2D eigenvalue weighted by Gasteiger charge is -2.16. The number of thioether (sulfide) groups is 1. The first-order chi connectivity index (χ1) is 13.5. The zero-order valence-corrected chi connectivity index (χ0v) is 17.4. The molecule has 0 saturated carbocycles. The van der Waals surface area contributed by atoms with Crippen LogP contribution in [0.25, 0.3) is 0 Å². The molecule has 2 aromatic rings. The Hall–Kier alpha value is -2.61. The molecule has 0 bridgehead atoms. The first-order valence-corrected chi connectivity index (χ1v) is 10.3. The lowest BCUT2D eigenvalue weighted by atomic mass is 10.2. The summed E-state index contributed by atoms with van der Waals surface area (Å²) in [7, 11) is 3.99. The highest BCUT2D eigenvalue weighted by Gasteiger charge is 2.16. The van der Waals surface area contributed by atoms with E-state index in [1.54, 1.807) is 6.21 Å². The van der Waals surface area contributed by atoms with Crippen molar-refractivity contribution < 1.29 is 4.79 Å². The Labute approximate surface area is 170 Å². The molecule has 148 valence electrons. The van der Waals surface area contributed by atoms with Gasteiger partial charge in [-0.1, -0.05) is 23.9 Å². The number of nitrogens with zero attached hydrogens (tertiary/aromatic N) is 5. The fourth-order valence-electron chi connectivity index (χ4n) is 2.87. The summed E-state index contributed by atoms with van der Waals surface area (Å²) in [6.45, 7) is 3.95. The van der Waals surface area contributed by atoms with E-state index in [0.29, 0.717) is 0 Å². The highest BCUT2D eigenvalue weighted by atomic mass is 32.2. The number of carbonyl (C=O) groups is 1. The van der Waals surface area contributed by atoms with Crippen molar-refractivity contribution in [2.24, 2.45) is 5.10 Å². The molecule has 1 fully saturated rings. The third-order valence-electron chi connectivity index (χ3n) is 4.37. The molecule has 1 amide bonds. The SMILES string of the molecule is Cc1cc(SCC(=O)NN=Cc2ccc(N(C)C)cc2)nc(N2CCCC2)n1. The van der Waals surface area contributed by atoms with Crippen molar-refractivity contribution >= 4 is 35.5 Å². The number of anilines is 2. The molecule has 1 aromatic carbocycles. The van der Waals surface area contributed by atoms with Crippen molar-refractivity contribution in [2.75, 3.05) is 42.7 Å². The number of hydrazone groups is 1. The highest BCUT2D eigenvalue weighted by molar-refractivity contribution is 7.99. The van der Waals surface area contributed by atoms with Crippen LogP contribution in [-0.2, 0) is 4.79 Å². The molecule has 0 unspecified atom stereocenters. The lowest BCUT2D eigenvalue weighted by molar-refractivity contribution is -0.118. The molecule has 1 saturated heterocycles. The maximum Gasteiger partial charge on any atom is 0.250 e. The van der Waals surface area contributed by atoms with E-state index in [2.05, 4.69) is 25.4 Å². The molecule has 1 aromatic heterocycles. The van der Waals surface area contributed by atoms with Crippen LogP contribution in [0, 0.1) is 6.92 Å². The Morgan fingerprint density at radius 3 is 2.64 bits per heavy atom. The fourth-order valence-corrected chi connectivity index (χ4v) is 3.61. The van der Waals surface area contributed by atoms with Gasteiger partial charge in [0, 0.05) is 38.6 Å². The summed E-state index contributed by atoms with van der Waals surface area (Å²) in [6, 6.07) is 9.85. The lowest BCUT2D eigenvalue weighted by Crippen LogP contribution is -2.21. The van der Waals surface area contributed by atoms with E-state index in [-0.39, 0.29) is 11.7 Å². The van der Waals surface area contributed by atoms with Crippen molar-refractivity contribution in [3.8, 4) is 0 Å². The minimum atomic E-state index is -0.162. The van der Waals surface area contributed by atoms with Gasteiger partial charge in [-0.3, -0.25) is 4.79 Å². The van der Waals surface area contributed by atoms with Crippen LogP contribution in [0.15, 0.2) is 40.5 Å². The molecular formula is C20H26N6OS. The van der Waals surface area contributed by atoms with Gasteiger partial charge in [0.05, 0.1) is 12.0 Å². The number of carbonyl (C=O) groups excluding carboxylic acids is 1. The molecule has 1 N–H and O–H groups in total. The Balaban J connectivity index is 1.50. The summed E-state index contributed by atoms with van der Waals surface area (Å²) in [5.74, 6) is 0.858. The Morgan fingerprint density at radius 2 is 1.96 bits per heavy atom. The molecule has 3 rings (SSSR count). The number of amides is 1. The number of hydrogen-bond acceptors (Lipinski definition) is 7. The number of hydrogen-bond donors (Lipinski definition) is 1. The molecule has 0 radical (unpaired) electrons. The summed E-state index contributed by atoms with van der Waals surface area (Å²) in [6.07, 6.45) is 4.00. The zero-order chi connectivity index (χ0) is 19.9. The van der Waals surface area contributed by atoms with Crippen molar-refractivity contribution in [1.29, 1.82) is 0 Å². The van der Waals surface area contributed by atoms with Crippen LogP contribution in [0.5, 0.6) is 0 Å². The number of aromatic nitrogens is 2. The quantitative estimate of drug-likeness (QED) is 0.335. The molecule has 0 aliphatic carbocycles. The summed E-state index contributed by atoms with van der Waals surface area (Å²) in [4.78, 5) is 25.4. The van der Waals surface area contributed by atoms with E-state index in [0.717, 1.165) is 41.0 Å². The molecule has 8 heteroatoms. The predicted octanol–water partition coefficient (Wildman–Crippen LogP) is 2.69. The van der Waals surface area contributed by atoms with Crippen LogP contribution in [0.1, 0.15) is 24.1 Å². The van der Waals surface area contributed by atoms with Crippen LogP contribution in [0.4, 0.5) is 11.6 Å². The number of nitrogens with one attached hydrogen (secondary N) is 1. The largest absolute Gasteiger partial charge is 0.378 e. The first-order valence-electron chi connectivity index (χ1n) is 9.34. The van der Waals surface area contributed by atoms with E-state index in [1.807, 2.05) is 56.3 Å². The van der Waals surface area contributed by atoms with Crippen molar-refractivity contribution in [2.45, 2.75) is 24.8 Å². The van der Waals surface area contributed by atoms with Crippen molar-refractivity contribution in [3.05, 3.63) is 41.6 Å². The minimum absolute atomic E-state index is 0.162. The Morgan fingerprint density at radius 1 is 1.25 bits per heavy atom. The Bertz CT molecular complexity index is 831. The van der Waals surface area contributed by atoms with Gasteiger partial charge in [-0.05, 0) is 43.5 Å². The van der Waals surface area contributed by atoms with Crippen LogP contribution < -0.4 is 15.2 Å². The highest BCUT2D eigenvalue weighted by Crippen LogP contribution is 2.22. The van der Waals surface area contributed by atoms with E-state index >= 15 is 0 Å². The van der Waals surface area contributed by atoms with Crippen LogP contribution in [0.2, 0.25) is 0 Å². The van der Waals surface area contributed by atoms with E-state index in [1.165, 1.54) is 24.6 Å². The molecular weight excluding hydrogens is 372 g/mol. The Kier molecular flexibility index (Phi) is 6.86. The molecule has 0 atom stereocenters. The van der Waals surface area contributed by atoms with Crippen LogP contribution >= 0.6 is 11.8 Å². The first kappa shape index (κ1) is 20.1. The van der Waals surface area contributed by atoms with E-state index < -0.39 is 0 Å². The van der Waals surface area contributed by atoms with Gasteiger partial charge in [-0.15, -0.1) is 0 Å². The maximum absolute atomic E-state index is 12.1. The number of aryl methyl sites for hydroxylation is 1. The summed E-state index contributed by atoms with van der Waals surface area (Å²) >= 11 is 1.40. The van der Waals surface area contributed by atoms with Crippen LogP contribution in [0.3, 0.4) is 0 Å². The molecule has 7 nitrogen and oxygen atoms in total. The normalized spacial score (nSPS) is 13.9.